The minimum Gasteiger partial charge on any atom is -0.309 e. The summed E-state index contributed by atoms with van der Waals surface area (Å²) < 4.78 is 0. The summed E-state index contributed by atoms with van der Waals surface area (Å²) in [6.07, 6.45) is 2.75. The molecule has 0 amide bonds. The molecule has 0 radical (unpaired) electrons. The molecular weight excluding hydrogens is 234 g/mol. The highest BCUT2D eigenvalue weighted by atomic mass is 15.3. The first kappa shape index (κ1) is 15.3. The summed E-state index contributed by atoms with van der Waals surface area (Å²) in [5, 5.41) is 3.73. The quantitative estimate of drug-likeness (QED) is 0.845. The van der Waals surface area contributed by atoms with Gasteiger partial charge in [-0.3, -0.25) is 4.90 Å². The first-order valence-electron chi connectivity index (χ1n) is 8.16. The molecule has 2 aliphatic heterocycles. The van der Waals surface area contributed by atoms with Gasteiger partial charge < -0.3 is 10.2 Å². The van der Waals surface area contributed by atoms with Gasteiger partial charge in [0.2, 0.25) is 0 Å². The van der Waals surface area contributed by atoms with Crippen LogP contribution in [-0.2, 0) is 0 Å². The fraction of sp³-hybridized carbons (Fsp3) is 1.00. The number of piperidine rings is 1. The van der Waals surface area contributed by atoms with E-state index in [2.05, 4.69) is 49.7 Å². The van der Waals surface area contributed by atoms with Crippen molar-refractivity contribution < 1.29 is 0 Å². The van der Waals surface area contributed by atoms with Crippen LogP contribution in [0, 0.1) is 5.92 Å². The summed E-state index contributed by atoms with van der Waals surface area (Å²) in [7, 11) is 0. The van der Waals surface area contributed by atoms with Crippen LogP contribution in [0.4, 0.5) is 0 Å². The van der Waals surface area contributed by atoms with E-state index in [1.54, 1.807) is 0 Å². The van der Waals surface area contributed by atoms with Crippen LogP contribution in [0.3, 0.4) is 0 Å². The predicted molar refractivity (Wildman–Crippen MR) is 82.5 cm³/mol. The van der Waals surface area contributed by atoms with Crippen molar-refractivity contribution in [3.05, 3.63) is 0 Å². The lowest BCUT2D eigenvalue weighted by molar-refractivity contribution is 0.00192. The van der Waals surface area contributed by atoms with Crippen LogP contribution in [0.2, 0.25) is 0 Å². The Hall–Kier alpha value is -0.120. The van der Waals surface area contributed by atoms with E-state index in [-0.39, 0.29) is 5.54 Å². The van der Waals surface area contributed by atoms with E-state index in [0.717, 1.165) is 18.5 Å². The Morgan fingerprint density at radius 1 is 1.32 bits per heavy atom. The van der Waals surface area contributed by atoms with Gasteiger partial charge in [-0.15, -0.1) is 0 Å². The van der Waals surface area contributed by atoms with Crippen molar-refractivity contribution in [2.75, 3.05) is 32.7 Å². The summed E-state index contributed by atoms with van der Waals surface area (Å²) >= 11 is 0. The Bertz CT molecular complexity index is 288. The molecule has 3 nitrogen and oxygen atoms in total. The molecule has 1 N–H and O–H groups in total. The largest absolute Gasteiger partial charge is 0.309 e. The second-order valence-corrected chi connectivity index (χ2v) is 7.44. The first-order chi connectivity index (χ1) is 8.93. The highest BCUT2D eigenvalue weighted by molar-refractivity contribution is 4.97. The molecule has 2 fully saturated rings. The minimum absolute atomic E-state index is 0.264. The summed E-state index contributed by atoms with van der Waals surface area (Å²) in [4.78, 5) is 5.45. The molecule has 2 aliphatic rings. The van der Waals surface area contributed by atoms with Gasteiger partial charge in [-0.1, -0.05) is 20.8 Å². The van der Waals surface area contributed by atoms with Crippen molar-refractivity contribution in [3.8, 4) is 0 Å². The number of nitrogens with zero attached hydrogens (tertiary/aromatic N) is 2. The Labute approximate surface area is 119 Å². The van der Waals surface area contributed by atoms with Crippen LogP contribution in [0.25, 0.3) is 0 Å². The second-order valence-electron chi connectivity index (χ2n) is 7.44. The monoisotopic (exact) mass is 267 g/mol. The van der Waals surface area contributed by atoms with Gasteiger partial charge >= 0.3 is 0 Å². The predicted octanol–water partition coefficient (Wildman–Crippen LogP) is 2.18. The molecule has 0 spiro atoms. The lowest BCUT2D eigenvalue weighted by atomic mass is 9.89. The molecule has 2 heterocycles. The number of likely N-dealkylation sites (tertiary alicyclic amines) is 1. The molecule has 0 bridgehead atoms. The lowest BCUT2D eigenvalue weighted by Crippen LogP contribution is -2.66. The summed E-state index contributed by atoms with van der Waals surface area (Å²) in [5.41, 5.74) is 0.264. The van der Waals surface area contributed by atoms with Gasteiger partial charge in [0.15, 0.2) is 0 Å². The third-order valence-electron chi connectivity index (χ3n) is 4.96. The summed E-state index contributed by atoms with van der Waals surface area (Å²) in [5.74, 6) is 0.737. The van der Waals surface area contributed by atoms with E-state index >= 15 is 0 Å². The van der Waals surface area contributed by atoms with Gasteiger partial charge in [-0.05, 0) is 45.7 Å². The van der Waals surface area contributed by atoms with Crippen LogP contribution >= 0.6 is 0 Å². The SMILES string of the molecule is CCN1CCCC(N2CC(C)(C)NCC2C(C)C)C1. The third-order valence-corrected chi connectivity index (χ3v) is 4.96. The Kier molecular flexibility index (Phi) is 4.91. The molecule has 19 heavy (non-hydrogen) atoms. The average Bonchev–Trinajstić information content (AvgIpc) is 2.37. The smallest absolute Gasteiger partial charge is 0.0253 e. The standard InChI is InChI=1S/C16H33N3/c1-6-18-9-7-8-14(11-18)19-12-16(4,5)17-10-15(19)13(2)3/h13-15,17H,6-12H2,1-5H3. The molecule has 2 saturated heterocycles. The maximum atomic E-state index is 3.73. The van der Waals surface area contributed by atoms with Crippen molar-refractivity contribution >= 4 is 0 Å². The average molecular weight is 267 g/mol. The van der Waals surface area contributed by atoms with Crippen LogP contribution in [0.1, 0.15) is 47.5 Å². The van der Waals surface area contributed by atoms with Gasteiger partial charge in [0, 0.05) is 37.3 Å². The fourth-order valence-electron chi connectivity index (χ4n) is 3.74. The lowest BCUT2D eigenvalue weighted by Gasteiger charge is -2.51. The van der Waals surface area contributed by atoms with Gasteiger partial charge in [0.1, 0.15) is 0 Å². The molecule has 0 aromatic rings. The number of hydrogen-bond acceptors (Lipinski definition) is 3. The van der Waals surface area contributed by atoms with Gasteiger partial charge in [0.25, 0.3) is 0 Å². The molecule has 0 aliphatic carbocycles. The molecule has 0 aromatic heterocycles. The number of rotatable bonds is 3. The van der Waals surface area contributed by atoms with Crippen LogP contribution < -0.4 is 5.32 Å². The van der Waals surface area contributed by atoms with Crippen molar-refractivity contribution in [1.82, 2.24) is 15.1 Å². The molecule has 2 rings (SSSR count). The fourth-order valence-corrected chi connectivity index (χ4v) is 3.74. The zero-order chi connectivity index (χ0) is 14.0. The Morgan fingerprint density at radius 2 is 2.05 bits per heavy atom. The zero-order valence-electron chi connectivity index (χ0n) is 13.6. The minimum atomic E-state index is 0.264. The van der Waals surface area contributed by atoms with Crippen LogP contribution in [-0.4, -0.2) is 60.1 Å². The molecule has 0 saturated carbocycles. The Morgan fingerprint density at radius 3 is 2.68 bits per heavy atom. The summed E-state index contributed by atoms with van der Waals surface area (Å²) in [6, 6.07) is 1.47. The van der Waals surface area contributed by atoms with Crippen LogP contribution in [0.5, 0.6) is 0 Å². The maximum Gasteiger partial charge on any atom is 0.0253 e. The Balaban J connectivity index is 2.08. The van der Waals surface area contributed by atoms with E-state index in [4.69, 9.17) is 0 Å². The second kappa shape index (κ2) is 6.11. The van der Waals surface area contributed by atoms with E-state index < -0.39 is 0 Å². The molecule has 112 valence electrons. The van der Waals surface area contributed by atoms with Crippen molar-refractivity contribution in [1.29, 1.82) is 0 Å². The number of nitrogens with one attached hydrogen (secondary N) is 1. The first-order valence-corrected chi connectivity index (χ1v) is 8.16. The zero-order valence-corrected chi connectivity index (χ0v) is 13.6. The third kappa shape index (κ3) is 3.71. The van der Waals surface area contributed by atoms with E-state index in [0.29, 0.717) is 6.04 Å². The molecule has 3 heteroatoms. The van der Waals surface area contributed by atoms with Crippen molar-refractivity contribution in [2.45, 2.75) is 65.1 Å². The number of likely N-dealkylation sites (N-methyl/N-ethyl adjacent to an activating group) is 1. The number of hydrogen-bond donors (Lipinski definition) is 1. The number of piperazine rings is 1. The van der Waals surface area contributed by atoms with E-state index in [1.165, 1.54) is 39.0 Å². The molecule has 2 unspecified atom stereocenters. The molecule has 2 atom stereocenters. The molecule has 0 aromatic carbocycles. The van der Waals surface area contributed by atoms with Crippen molar-refractivity contribution in [3.63, 3.8) is 0 Å². The van der Waals surface area contributed by atoms with Gasteiger partial charge in [-0.25, -0.2) is 0 Å². The topological polar surface area (TPSA) is 18.5 Å². The van der Waals surface area contributed by atoms with Gasteiger partial charge in [-0.2, -0.15) is 0 Å². The highest BCUT2D eigenvalue weighted by Crippen LogP contribution is 2.26. The normalized spacial score (nSPS) is 33.8. The van der Waals surface area contributed by atoms with E-state index in [9.17, 15) is 0 Å². The van der Waals surface area contributed by atoms with Crippen molar-refractivity contribution in [2.24, 2.45) is 5.92 Å². The van der Waals surface area contributed by atoms with E-state index in [1.807, 2.05) is 0 Å². The maximum absolute atomic E-state index is 3.73. The van der Waals surface area contributed by atoms with Gasteiger partial charge in [0.05, 0.1) is 0 Å². The molecular formula is C16H33N3. The van der Waals surface area contributed by atoms with Crippen LogP contribution in [0.15, 0.2) is 0 Å². The highest BCUT2D eigenvalue weighted by Gasteiger charge is 2.38. The summed E-state index contributed by atoms with van der Waals surface area (Å²) in [6.45, 7) is 17.8.